The summed E-state index contributed by atoms with van der Waals surface area (Å²) in [5.41, 5.74) is 1.38. The Balaban J connectivity index is 1.58. The molecule has 8 heteroatoms. The normalized spacial score (nSPS) is 14.6. The second kappa shape index (κ2) is 7.00. The molecule has 1 aliphatic heterocycles. The van der Waals surface area contributed by atoms with E-state index in [1.54, 1.807) is 11.2 Å². The number of rotatable bonds is 2. The molecular weight excluding hydrogens is 333 g/mol. The van der Waals surface area contributed by atoms with Crippen LogP contribution in [0.2, 0.25) is 5.02 Å². The van der Waals surface area contributed by atoms with E-state index < -0.39 is 5.82 Å². The molecule has 6 nitrogen and oxygen atoms in total. The number of amides is 2. The minimum Gasteiger partial charge on any atom is -0.353 e. The molecule has 1 saturated heterocycles. The van der Waals surface area contributed by atoms with Crippen molar-refractivity contribution in [3.8, 4) is 0 Å². The molecule has 0 saturated carbocycles. The molecule has 126 valence electrons. The average Bonchev–Trinajstić information content (AvgIpc) is 2.58. The third kappa shape index (κ3) is 3.73. The molecule has 0 spiro atoms. The number of urea groups is 1. The highest BCUT2D eigenvalue weighted by Crippen LogP contribution is 2.20. The van der Waals surface area contributed by atoms with Gasteiger partial charge in [-0.05, 0) is 25.1 Å². The van der Waals surface area contributed by atoms with Gasteiger partial charge in [0.1, 0.15) is 18.0 Å². The van der Waals surface area contributed by atoms with Gasteiger partial charge in [0, 0.05) is 43.6 Å². The smallest absolute Gasteiger partial charge is 0.321 e. The summed E-state index contributed by atoms with van der Waals surface area (Å²) in [6.45, 7) is 4.44. The molecule has 2 amide bonds. The number of piperazine rings is 1. The predicted molar refractivity (Wildman–Crippen MR) is 91.0 cm³/mol. The quantitative estimate of drug-likeness (QED) is 0.905. The topological polar surface area (TPSA) is 61.4 Å². The fourth-order valence-corrected chi connectivity index (χ4v) is 2.71. The molecule has 0 atom stereocenters. The zero-order valence-corrected chi connectivity index (χ0v) is 13.9. The Hall–Kier alpha value is -2.41. The highest BCUT2D eigenvalue weighted by molar-refractivity contribution is 6.31. The number of anilines is 2. The summed E-state index contributed by atoms with van der Waals surface area (Å²) in [6, 6.07) is 5.81. The lowest BCUT2D eigenvalue weighted by molar-refractivity contribution is 0.208. The lowest BCUT2D eigenvalue weighted by Gasteiger charge is -2.35. The van der Waals surface area contributed by atoms with Gasteiger partial charge in [0.25, 0.3) is 0 Å². The Morgan fingerprint density at radius 2 is 1.96 bits per heavy atom. The van der Waals surface area contributed by atoms with Crippen LogP contribution in [0, 0.1) is 12.7 Å². The number of carbonyl (C=O) groups is 1. The first-order valence-electron chi connectivity index (χ1n) is 7.57. The Labute approximate surface area is 144 Å². The summed E-state index contributed by atoms with van der Waals surface area (Å²) in [6.07, 6.45) is 1.54. The second-order valence-electron chi connectivity index (χ2n) is 5.55. The standard InChI is InChI=1S/C16H17ClFN5O/c1-11-8-15(20-10-19-11)22-4-6-23(7-5-22)16(24)21-12-2-3-14(18)13(17)9-12/h2-3,8-10H,4-7H2,1H3,(H,21,24). The number of hydrogen-bond donors (Lipinski definition) is 1. The van der Waals surface area contributed by atoms with Crippen molar-refractivity contribution in [2.75, 3.05) is 36.4 Å². The molecule has 0 aliphatic carbocycles. The number of hydrogen-bond acceptors (Lipinski definition) is 4. The van der Waals surface area contributed by atoms with Crippen LogP contribution < -0.4 is 10.2 Å². The zero-order chi connectivity index (χ0) is 17.1. The van der Waals surface area contributed by atoms with E-state index in [0.717, 1.165) is 11.5 Å². The fraction of sp³-hybridized carbons (Fsp3) is 0.312. The number of nitrogens with zero attached hydrogens (tertiary/aromatic N) is 4. The SMILES string of the molecule is Cc1cc(N2CCN(C(=O)Nc3ccc(F)c(Cl)c3)CC2)ncn1. The maximum Gasteiger partial charge on any atom is 0.321 e. The Bertz CT molecular complexity index is 749. The summed E-state index contributed by atoms with van der Waals surface area (Å²) in [4.78, 5) is 24.5. The largest absolute Gasteiger partial charge is 0.353 e. The monoisotopic (exact) mass is 349 g/mol. The van der Waals surface area contributed by atoms with E-state index in [1.807, 2.05) is 13.0 Å². The number of nitrogens with one attached hydrogen (secondary N) is 1. The first-order valence-corrected chi connectivity index (χ1v) is 7.95. The Morgan fingerprint density at radius 3 is 2.62 bits per heavy atom. The van der Waals surface area contributed by atoms with Crippen LogP contribution in [-0.4, -0.2) is 47.1 Å². The van der Waals surface area contributed by atoms with E-state index in [9.17, 15) is 9.18 Å². The maximum atomic E-state index is 13.2. The molecule has 0 radical (unpaired) electrons. The highest BCUT2D eigenvalue weighted by atomic mass is 35.5. The molecule has 1 aliphatic rings. The maximum absolute atomic E-state index is 13.2. The van der Waals surface area contributed by atoms with Crippen molar-refractivity contribution in [3.05, 3.63) is 47.1 Å². The van der Waals surface area contributed by atoms with Crippen LogP contribution in [0.1, 0.15) is 5.69 Å². The van der Waals surface area contributed by atoms with E-state index in [2.05, 4.69) is 20.2 Å². The third-order valence-electron chi connectivity index (χ3n) is 3.85. The van der Waals surface area contributed by atoms with E-state index in [-0.39, 0.29) is 11.1 Å². The van der Waals surface area contributed by atoms with Crippen molar-refractivity contribution in [2.24, 2.45) is 0 Å². The summed E-state index contributed by atoms with van der Waals surface area (Å²) >= 11 is 5.72. The van der Waals surface area contributed by atoms with Gasteiger partial charge >= 0.3 is 6.03 Å². The molecule has 0 unspecified atom stereocenters. The van der Waals surface area contributed by atoms with E-state index in [4.69, 9.17) is 11.6 Å². The summed E-state index contributed by atoms with van der Waals surface area (Å²) in [5.74, 6) is 0.358. The fourth-order valence-electron chi connectivity index (χ4n) is 2.53. The molecule has 2 aromatic rings. The third-order valence-corrected chi connectivity index (χ3v) is 4.14. The van der Waals surface area contributed by atoms with Gasteiger partial charge in [-0.25, -0.2) is 19.2 Å². The van der Waals surface area contributed by atoms with Crippen molar-refractivity contribution in [2.45, 2.75) is 6.92 Å². The van der Waals surface area contributed by atoms with Crippen molar-refractivity contribution < 1.29 is 9.18 Å². The lowest BCUT2D eigenvalue weighted by Crippen LogP contribution is -2.50. The average molecular weight is 350 g/mol. The molecule has 3 rings (SSSR count). The van der Waals surface area contributed by atoms with Gasteiger partial charge in [0.2, 0.25) is 0 Å². The predicted octanol–water partition coefficient (Wildman–Crippen LogP) is 2.93. The van der Waals surface area contributed by atoms with Gasteiger partial charge in [0.15, 0.2) is 0 Å². The van der Waals surface area contributed by atoms with Gasteiger partial charge < -0.3 is 15.1 Å². The van der Waals surface area contributed by atoms with Gasteiger partial charge in [-0.15, -0.1) is 0 Å². The zero-order valence-electron chi connectivity index (χ0n) is 13.2. The first kappa shape index (κ1) is 16.4. The van der Waals surface area contributed by atoms with Crippen LogP contribution in [0.25, 0.3) is 0 Å². The summed E-state index contributed by atoms with van der Waals surface area (Å²) in [7, 11) is 0. The van der Waals surface area contributed by atoms with Crippen molar-refractivity contribution in [1.29, 1.82) is 0 Å². The molecule has 2 heterocycles. The molecule has 1 aromatic carbocycles. The number of carbonyl (C=O) groups excluding carboxylic acids is 1. The first-order chi connectivity index (χ1) is 11.5. The molecule has 1 fully saturated rings. The number of aromatic nitrogens is 2. The van der Waals surface area contributed by atoms with E-state index >= 15 is 0 Å². The Kier molecular flexibility index (Phi) is 4.80. The second-order valence-corrected chi connectivity index (χ2v) is 5.96. The number of aryl methyl sites for hydroxylation is 1. The van der Waals surface area contributed by atoms with Crippen LogP contribution >= 0.6 is 11.6 Å². The van der Waals surface area contributed by atoms with Crippen LogP contribution in [0.4, 0.5) is 20.7 Å². The van der Waals surface area contributed by atoms with E-state index in [1.165, 1.54) is 18.2 Å². The summed E-state index contributed by atoms with van der Waals surface area (Å²) < 4.78 is 13.2. The van der Waals surface area contributed by atoms with Crippen LogP contribution in [0.3, 0.4) is 0 Å². The molecular formula is C16H17ClFN5O. The van der Waals surface area contributed by atoms with Crippen LogP contribution in [-0.2, 0) is 0 Å². The minimum absolute atomic E-state index is 0.0169. The lowest BCUT2D eigenvalue weighted by atomic mass is 10.3. The summed E-state index contributed by atoms with van der Waals surface area (Å²) in [5, 5.41) is 2.72. The van der Waals surface area contributed by atoms with Crippen LogP contribution in [0.15, 0.2) is 30.6 Å². The molecule has 1 N–H and O–H groups in total. The Morgan fingerprint density at radius 1 is 1.21 bits per heavy atom. The molecule has 24 heavy (non-hydrogen) atoms. The van der Waals surface area contributed by atoms with Gasteiger partial charge in [-0.3, -0.25) is 0 Å². The van der Waals surface area contributed by atoms with Crippen molar-refractivity contribution in [3.63, 3.8) is 0 Å². The number of benzene rings is 1. The van der Waals surface area contributed by atoms with Crippen molar-refractivity contribution >= 4 is 29.1 Å². The van der Waals surface area contributed by atoms with Gasteiger partial charge in [-0.2, -0.15) is 0 Å². The number of halogens is 2. The highest BCUT2D eigenvalue weighted by Gasteiger charge is 2.22. The minimum atomic E-state index is -0.511. The van der Waals surface area contributed by atoms with Gasteiger partial charge in [-0.1, -0.05) is 11.6 Å². The molecule has 1 aromatic heterocycles. The van der Waals surface area contributed by atoms with E-state index in [0.29, 0.717) is 31.9 Å². The van der Waals surface area contributed by atoms with Crippen molar-refractivity contribution in [1.82, 2.24) is 14.9 Å². The molecule has 0 bridgehead atoms. The van der Waals surface area contributed by atoms with Crippen LogP contribution in [0.5, 0.6) is 0 Å². The van der Waals surface area contributed by atoms with Gasteiger partial charge in [0.05, 0.1) is 5.02 Å².